The average molecular weight is 310 g/mol. The van der Waals surface area contributed by atoms with Crippen LogP contribution in [0.15, 0.2) is 24.3 Å². The summed E-state index contributed by atoms with van der Waals surface area (Å²) in [6, 6.07) is 8.16. The van der Waals surface area contributed by atoms with E-state index in [1.807, 2.05) is 12.1 Å². The van der Waals surface area contributed by atoms with Crippen molar-refractivity contribution in [3.63, 3.8) is 0 Å². The lowest BCUT2D eigenvalue weighted by molar-refractivity contribution is -0.0179. The van der Waals surface area contributed by atoms with Crippen LogP contribution in [-0.4, -0.2) is 6.09 Å². The third-order valence-electron chi connectivity index (χ3n) is 4.87. The lowest BCUT2D eigenvalue weighted by atomic mass is 9.77. The number of carbonyl (C=O) groups excluding carboxylic acids is 1. The average Bonchev–Trinajstić information content (AvgIpc) is 2.53. The first-order valence-electron chi connectivity index (χ1n) is 8.30. The smallest absolute Gasteiger partial charge is 0.412 e. The molecule has 0 atom stereocenters. The predicted octanol–water partition coefficient (Wildman–Crippen LogP) is 4.97. The minimum Gasteiger partial charge on any atom is -0.438 e. The third kappa shape index (κ3) is 2.84. The number of nitrogens with one attached hydrogen (secondary N) is 1. The first-order chi connectivity index (χ1) is 11.1. The van der Waals surface area contributed by atoms with Crippen molar-refractivity contribution < 1.29 is 9.53 Å². The summed E-state index contributed by atoms with van der Waals surface area (Å²) in [6.45, 7) is 4.16. The van der Waals surface area contributed by atoms with E-state index in [4.69, 9.17) is 10.00 Å². The first-order valence-corrected chi connectivity index (χ1v) is 8.30. The van der Waals surface area contributed by atoms with Crippen molar-refractivity contribution in [3.8, 4) is 6.07 Å². The van der Waals surface area contributed by atoms with Gasteiger partial charge < -0.3 is 4.74 Å². The number of nitriles is 1. The molecular formula is C19H22N2O2. The maximum atomic E-state index is 11.9. The largest absolute Gasteiger partial charge is 0.438 e. The maximum Gasteiger partial charge on any atom is 0.412 e. The van der Waals surface area contributed by atoms with Crippen molar-refractivity contribution in [3.05, 3.63) is 35.4 Å². The molecule has 1 spiro atoms. The number of amides is 1. The zero-order valence-electron chi connectivity index (χ0n) is 13.7. The molecule has 3 rings (SSSR count). The number of nitrogens with zero attached hydrogens (tertiary/aromatic N) is 1. The van der Waals surface area contributed by atoms with Crippen LogP contribution in [-0.2, 0) is 10.3 Å². The minimum absolute atomic E-state index is 0.258. The second-order valence-electron chi connectivity index (χ2n) is 6.71. The molecule has 1 aromatic rings. The van der Waals surface area contributed by atoms with E-state index in [1.54, 1.807) is 6.08 Å². The van der Waals surface area contributed by atoms with Crippen molar-refractivity contribution in [2.75, 3.05) is 5.32 Å². The van der Waals surface area contributed by atoms with E-state index in [9.17, 15) is 4.79 Å². The second kappa shape index (κ2) is 6.08. The number of hydrogen-bond acceptors (Lipinski definition) is 3. The molecule has 1 fully saturated rings. The molecule has 2 aliphatic rings. The minimum atomic E-state index is -0.499. The molecule has 1 aliphatic carbocycles. The fraction of sp³-hybridized carbons (Fsp3) is 0.474. The zero-order valence-corrected chi connectivity index (χ0v) is 13.7. The van der Waals surface area contributed by atoms with Gasteiger partial charge in [-0.1, -0.05) is 26.3 Å². The van der Waals surface area contributed by atoms with Gasteiger partial charge in [0.05, 0.1) is 11.8 Å². The number of hydrogen-bond donors (Lipinski definition) is 1. The molecule has 0 bridgehead atoms. The van der Waals surface area contributed by atoms with Crippen LogP contribution >= 0.6 is 0 Å². The highest BCUT2D eigenvalue weighted by atomic mass is 16.6. The summed E-state index contributed by atoms with van der Waals surface area (Å²) in [4.78, 5) is 11.9. The third-order valence-corrected chi connectivity index (χ3v) is 4.87. The number of benzene rings is 1. The molecule has 1 aliphatic heterocycles. The Morgan fingerprint density at radius 3 is 2.74 bits per heavy atom. The summed E-state index contributed by atoms with van der Waals surface area (Å²) in [5, 5.41) is 11.9. The first kappa shape index (κ1) is 15.6. The molecule has 0 aromatic heterocycles. The Balaban J connectivity index is 2.10. The Labute approximate surface area is 137 Å². The summed E-state index contributed by atoms with van der Waals surface area (Å²) in [5.74, 6) is 0.258. The summed E-state index contributed by atoms with van der Waals surface area (Å²) in [6.07, 6.45) is 6.33. The van der Waals surface area contributed by atoms with E-state index < -0.39 is 5.60 Å². The van der Waals surface area contributed by atoms with Gasteiger partial charge >= 0.3 is 6.09 Å². The Hall–Kier alpha value is -2.28. The van der Waals surface area contributed by atoms with E-state index in [1.165, 1.54) is 6.42 Å². The van der Waals surface area contributed by atoms with Crippen molar-refractivity contribution in [1.82, 2.24) is 0 Å². The highest BCUT2D eigenvalue weighted by molar-refractivity contribution is 5.89. The second-order valence-corrected chi connectivity index (χ2v) is 6.71. The van der Waals surface area contributed by atoms with Gasteiger partial charge in [0.25, 0.3) is 0 Å². The van der Waals surface area contributed by atoms with Crippen molar-refractivity contribution >= 4 is 17.4 Å². The van der Waals surface area contributed by atoms with Crippen LogP contribution in [0.5, 0.6) is 0 Å². The van der Waals surface area contributed by atoms with Gasteiger partial charge in [-0.25, -0.2) is 4.79 Å². The molecular weight excluding hydrogens is 288 g/mol. The number of carbonyl (C=O) groups is 1. The van der Waals surface area contributed by atoms with Crippen LogP contribution in [0, 0.1) is 17.2 Å². The molecule has 1 amide bonds. The summed E-state index contributed by atoms with van der Waals surface area (Å²) >= 11 is 0. The van der Waals surface area contributed by atoms with Crippen molar-refractivity contribution in [2.45, 2.75) is 51.6 Å². The van der Waals surface area contributed by atoms with Crippen LogP contribution < -0.4 is 5.32 Å². The zero-order chi connectivity index (χ0) is 16.4. The molecule has 1 aromatic carbocycles. The lowest BCUT2D eigenvalue weighted by Gasteiger charge is -2.41. The van der Waals surface area contributed by atoms with Crippen molar-refractivity contribution in [1.29, 1.82) is 5.26 Å². The molecule has 4 heteroatoms. The van der Waals surface area contributed by atoms with E-state index in [0.29, 0.717) is 0 Å². The Bertz CT molecular complexity index is 692. The van der Waals surface area contributed by atoms with Gasteiger partial charge in [-0.3, -0.25) is 5.32 Å². The van der Waals surface area contributed by atoms with Crippen LogP contribution in [0.25, 0.3) is 5.57 Å². The number of anilines is 1. The summed E-state index contributed by atoms with van der Waals surface area (Å²) in [7, 11) is 0. The van der Waals surface area contributed by atoms with Crippen LogP contribution in [0.4, 0.5) is 10.5 Å². The molecule has 0 saturated heterocycles. The quantitative estimate of drug-likeness (QED) is 0.784. The van der Waals surface area contributed by atoms with Gasteiger partial charge in [0.1, 0.15) is 5.60 Å². The maximum absolute atomic E-state index is 11.9. The SMILES string of the molecule is CC(C)/C(=C/C#N)c1ccc2c(c1)C1(CCCCC1)OC(=O)N2. The summed E-state index contributed by atoms with van der Waals surface area (Å²) < 4.78 is 5.76. The molecule has 0 unspecified atom stereocenters. The fourth-order valence-corrected chi connectivity index (χ4v) is 3.72. The number of ether oxygens (including phenoxy) is 1. The van der Waals surface area contributed by atoms with Crippen LogP contribution in [0.3, 0.4) is 0 Å². The van der Waals surface area contributed by atoms with Crippen molar-refractivity contribution in [2.24, 2.45) is 5.92 Å². The standard InChI is InChI=1S/C19H22N2O2/c1-13(2)15(8-11-20)14-6-7-17-16(12-14)19(23-18(22)21-17)9-4-3-5-10-19/h6-8,12-13H,3-5,9-10H2,1-2H3,(H,21,22)/b15-8-. The van der Waals surface area contributed by atoms with E-state index in [0.717, 1.165) is 48.1 Å². The highest BCUT2D eigenvalue weighted by Crippen LogP contribution is 2.47. The predicted molar refractivity (Wildman–Crippen MR) is 89.7 cm³/mol. The molecule has 1 saturated carbocycles. The van der Waals surface area contributed by atoms with E-state index >= 15 is 0 Å². The monoisotopic (exact) mass is 310 g/mol. The lowest BCUT2D eigenvalue weighted by Crippen LogP contribution is -2.41. The van der Waals surface area contributed by atoms with E-state index in [-0.39, 0.29) is 12.0 Å². The topological polar surface area (TPSA) is 62.1 Å². The normalized spacial score (nSPS) is 19.7. The van der Waals surface area contributed by atoms with Gasteiger partial charge in [-0.2, -0.15) is 5.26 Å². The molecule has 1 N–H and O–H groups in total. The Morgan fingerprint density at radius 2 is 2.09 bits per heavy atom. The Kier molecular flexibility index (Phi) is 4.12. The van der Waals surface area contributed by atoms with Gasteiger partial charge in [-0.05, 0) is 54.9 Å². The molecule has 23 heavy (non-hydrogen) atoms. The van der Waals surface area contributed by atoms with Gasteiger partial charge in [0.2, 0.25) is 0 Å². The highest BCUT2D eigenvalue weighted by Gasteiger charge is 2.43. The number of allylic oxidation sites excluding steroid dienone is 2. The van der Waals surface area contributed by atoms with Crippen LogP contribution in [0.1, 0.15) is 57.1 Å². The molecule has 1 heterocycles. The molecule has 120 valence electrons. The van der Waals surface area contributed by atoms with E-state index in [2.05, 4.69) is 31.3 Å². The molecule has 0 radical (unpaired) electrons. The van der Waals surface area contributed by atoms with Crippen LogP contribution in [0.2, 0.25) is 0 Å². The fourth-order valence-electron chi connectivity index (χ4n) is 3.72. The molecule has 4 nitrogen and oxygen atoms in total. The van der Waals surface area contributed by atoms with Gasteiger partial charge in [0, 0.05) is 11.6 Å². The number of rotatable bonds is 2. The Morgan fingerprint density at radius 1 is 1.35 bits per heavy atom. The summed E-state index contributed by atoms with van der Waals surface area (Å²) in [5.41, 5.74) is 3.44. The number of fused-ring (bicyclic) bond motifs is 2. The van der Waals surface area contributed by atoms with Gasteiger partial charge in [0.15, 0.2) is 0 Å². The van der Waals surface area contributed by atoms with Gasteiger partial charge in [-0.15, -0.1) is 0 Å².